The number of fused-ring (bicyclic) bond motifs is 1. The van der Waals surface area contributed by atoms with Gasteiger partial charge < -0.3 is 19.3 Å². The van der Waals surface area contributed by atoms with Crippen molar-refractivity contribution in [1.29, 1.82) is 5.26 Å². The number of carbonyl (C=O) groups excluding carboxylic acids is 2. The summed E-state index contributed by atoms with van der Waals surface area (Å²) in [5.74, 6) is -0.0439. The van der Waals surface area contributed by atoms with Crippen molar-refractivity contribution in [3.05, 3.63) is 53.4 Å². The topological polar surface area (TPSA) is 129 Å². The van der Waals surface area contributed by atoms with Gasteiger partial charge in [-0.2, -0.15) is 5.26 Å². The van der Waals surface area contributed by atoms with E-state index in [1.165, 1.54) is 12.3 Å². The number of hydrogen-bond donors (Lipinski definition) is 2. The summed E-state index contributed by atoms with van der Waals surface area (Å²) in [6.45, 7) is 17.0. The monoisotopic (exact) mass is 559 g/mol. The van der Waals surface area contributed by atoms with Crippen molar-refractivity contribution in [3.8, 4) is 6.07 Å². The van der Waals surface area contributed by atoms with E-state index in [4.69, 9.17) is 9.51 Å². The van der Waals surface area contributed by atoms with E-state index in [0.29, 0.717) is 38.2 Å². The molecule has 10 heteroatoms. The zero-order valence-corrected chi connectivity index (χ0v) is 25.1. The maximum absolute atomic E-state index is 13.1. The average molecular weight is 560 g/mol. The van der Waals surface area contributed by atoms with Crippen LogP contribution in [0, 0.1) is 28.1 Å². The molecule has 2 atom stereocenters. The van der Waals surface area contributed by atoms with E-state index in [0.717, 1.165) is 23.0 Å². The van der Waals surface area contributed by atoms with Gasteiger partial charge in [0.1, 0.15) is 11.6 Å². The van der Waals surface area contributed by atoms with Gasteiger partial charge in [0.25, 0.3) is 11.8 Å². The Hall–Kier alpha value is -3.97. The highest BCUT2D eigenvalue weighted by Gasteiger charge is 2.30. The Balaban J connectivity index is 1.57. The summed E-state index contributed by atoms with van der Waals surface area (Å²) in [4.78, 5) is 32.5. The third kappa shape index (κ3) is 7.41. The van der Waals surface area contributed by atoms with Crippen molar-refractivity contribution < 1.29 is 14.1 Å². The highest BCUT2D eigenvalue weighted by molar-refractivity contribution is 6.02. The third-order valence-corrected chi connectivity index (χ3v) is 7.55. The van der Waals surface area contributed by atoms with Gasteiger partial charge in [-0.1, -0.05) is 58.8 Å². The maximum atomic E-state index is 13.1. The predicted molar refractivity (Wildman–Crippen MR) is 158 cm³/mol. The standard InChI is InChI=1S/C31H41N7O3/c1-20(31(5,6)7)33-17-21-8-9-25-24(14-21)35-29(36-27(39)26-10-12-34-41-26)38(25)19-22-11-13-37(18-22)28(40)23(16-32)15-30(2,3)4/h8-10,12,14-15,20,22,33H,11,13,17-19H2,1-7H3,(H,35,36,39)/b23-15+/t20-,22+/m0/s1. The van der Waals surface area contributed by atoms with Crippen LogP contribution in [0.5, 0.6) is 0 Å². The Labute approximate surface area is 241 Å². The molecule has 0 unspecified atom stereocenters. The molecule has 3 heterocycles. The molecule has 0 spiro atoms. The number of amides is 2. The number of nitriles is 1. The number of hydrogen-bond acceptors (Lipinski definition) is 7. The number of rotatable bonds is 8. The van der Waals surface area contributed by atoms with Crippen LogP contribution in [0.1, 0.15) is 71.0 Å². The smallest absolute Gasteiger partial charge is 0.296 e. The van der Waals surface area contributed by atoms with Crippen molar-refractivity contribution in [1.82, 2.24) is 24.9 Å². The summed E-state index contributed by atoms with van der Waals surface area (Å²) in [6, 6.07) is 10.1. The molecule has 218 valence electrons. The molecular formula is C31H41N7O3. The predicted octanol–water partition coefficient (Wildman–Crippen LogP) is 5.15. The van der Waals surface area contributed by atoms with E-state index in [2.05, 4.69) is 55.6 Å². The molecule has 1 fully saturated rings. The first-order chi connectivity index (χ1) is 19.2. The Morgan fingerprint density at radius 3 is 2.61 bits per heavy atom. The minimum absolute atomic E-state index is 0.0944. The van der Waals surface area contributed by atoms with Crippen molar-refractivity contribution in [2.24, 2.45) is 16.7 Å². The second-order valence-electron chi connectivity index (χ2n) is 13.1. The first-order valence-electron chi connectivity index (χ1n) is 14.1. The highest BCUT2D eigenvalue weighted by atomic mass is 16.5. The summed E-state index contributed by atoms with van der Waals surface area (Å²) < 4.78 is 7.03. The van der Waals surface area contributed by atoms with Crippen LogP contribution in [-0.2, 0) is 17.9 Å². The second kappa shape index (κ2) is 11.9. The van der Waals surface area contributed by atoms with Gasteiger partial charge in [-0.05, 0) is 47.8 Å². The summed E-state index contributed by atoms with van der Waals surface area (Å²) in [6.07, 6.45) is 3.93. The molecule has 2 aromatic heterocycles. The fourth-order valence-electron chi connectivity index (χ4n) is 4.81. The van der Waals surface area contributed by atoms with Crippen LogP contribution in [0.25, 0.3) is 11.0 Å². The summed E-state index contributed by atoms with van der Waals surface area (Å²) in [5, 5.41) is 19.7. The Kier molecular flexibility index (Phi) is 8.69. The van der Waals surface area contributed by atoms with Gasteiger partial charge in [-0.25, -0.2) is 4.98 Å². The molecule has 3 aromatic rings. The van der Waals surface area contributed by atoms with Crippen LogP contribution in [0.2, 0.25) is 0 Å². The number of anilines is 1. The summed E-state index contributed by atoms with van der Waals surface area (Å²) in [7, 11) is 0. The number of likely N-dealkylation sites (tertiary alicyclic amines) is 1. The molecule has 0 radical (unpaired) electrons. The lowest BCUT2D eigenvalue weighted by atomic mass is 9.88. The second-order valence-corrected chi connectivity index (χ2v) is 13.1. The van der Waals surface area contributed by atoms with E-state index >= 15 is 0 Å². The van der Waals surface area contributed by atoms with Gasteiger partial charge in [-0.3, -0.25) is 14.9 Å². The van der Waals surface area contributed by atoms with Gasteiger partial charge in [0, 0.05) is 38.3 Å². The average Bonchev–Trinajstić information content (AvgIpc) is 3.65. The van der Waals surface area contributed by atoms with Gasteiger partial charge in [0.15, 0.2) is 0 Å². The van der Waals surface area contributed by atoms with Crippen molar-refractivity contribution in [3.63, 3.8) is 0 Å². The number of nitrogens with one attached hydrogen (secondary N) is 2. The molecule has 2 N–H and O–H groups in total. The molecule has 4 rings (SSSR count). The number of benzene rings is 1. The molecule has 0 aliphatic carbocycles. The Morgan fingerprint density at radius 1 is 1.22 bits per heavy atom. The zero-order chi connectivity index (χ0) is 29.9. The van der Waals surface area contributed by atoms with Crippen LogP contribution in [0.15, 0.2) is 46.6 Å². The number of carbonyl (C=O) groups is 2. The number of nitrogens with zero attached hydrogens (tertiary/aromatic N) is 5. The van der Waals surface area contributed by atoms with Crippen molar-refractivity contribution in [2.75, 3.05) is 18.4 Å². The minimum atomic E-state index is -0.436. The normalized spacial score (nSPS) is 17.1. The van der Waals surface area contributed by atoms with Crippen LogP contribution in [0.3, 0.4) is 0 Å². The van der Waals surface area contributed by atoms with Gasteiger partial charge >= 0.3 is 0 Å². The lowest BCUT2D eigenvalue weighted by Gasteiger charge is -2.28. The molecule has 0 saturated carbocycles. The van der Waals surface area contributed by atoms with Gasteiger partial charge in [0.2, 0.25) is 11.7 Å². The SMILES string of the molecule is C[C@H](NCc1ccc2c(c1)nc(NC(=O)c1ccno1)n2C[C@@H]1CCN(C(=O)/C(C#N)=C/C(C)(C)C)C1)C(C)(C)C. The highest BCUT2D eigenvalue weighted by Crippen LogP contribution is 2.28. The third-order valence-electron chi connectivity index (χ3n) is 7.55. The van der Waals surface area contributed by atoms with E-state index in [-0.39, 0.29) is 34.0 Å². The fourth-order valence-corrected chi connectivity index (χ4v) is 4.81. The summed E-state index contributed by atoms with van der Waals surface area (Å²) in [5.41, 5.74) is 2.79. The van der Waals surface area contributed by atoms with E-state index in [1.807, 2.05) is 37.5 Å². The van der Waals surface area contributed by atoms with Gasteiger partial charge in [0.05, 0.1) is 17.2 Å². The maximum Gasteiger partial charge on any atom is 0.296 e. The van der Waals surface area contributed by atoms with Crippen molar-refractivity contribution in [2.45, 2.75) is 74.0 Å². The number of imidazole rings is 1. The molecular weight excluding hydrogens is 518 g/mol. The molecule has 1 saturated heterocycles. The van der Waals surface area contributed by atoms with Crippen LogP contribution < -0.4 is 10.6 Å². The number of aromatic nitrogens is 3. The van der Waals surface area contributed by atoms with E-state index in [1.54, 1.807) is 11.0 Å². The zero-order valence-electron chi connectivity index (χ0n) is 25.1. The fraction of sp³-hybridized carbons (Fsp3) is 0.516. The first-order valence-corrected chi connectivity index (χ1v) is 14.1. The minimum Gasteiger partial charge on any atom is -0.351 e. The molecule has 0 bridgehead atoms. The quantitative estimate of drug-likeness (QED) is 0.289. The Bertz CT molecular complexity index is 1470. The van der Waals surface area contributed by atoms with E-state index in [9.17, 15) is 14.9 Å². The molecule has 10 nitrogen and oxygen atoms in total. The molecule has 1 aliphatic rings. The molecule has 1 aromatic carbocycles. The van der Waals surface area contributed by atoms with E-state index < -0.39 is 5.91 Å². The van der Waals surface area contributed by atoms with Gasteiger partial charge in [-0.15, -0.1) is 0 Å². The van der Waals surface area contributed by atoms with Crippen LogP contribution >= 0.6 is 0 Å². The first kappa shape index (κ1) is 30.0. The molecule has 1 aliphatic heterocycles. The van der Waals surface area contributed by atoms with Crippen molar-refractivity contribution >= 4 is 28.8 Å². The number of allylic oxidation sites excluding steroid dienone is 1. The molecule has 2 amide bonds. The lowest BCUT2D eigenvalue weighted by Crippen LogP contribution is -2.37. The van der Waals surface area contributed by atoms with Crippen LogP contribution in [-0.4, -0.2) is 50.6 Å². The lowest BCUT2D eigenvalue weighted by molar-refractivity contribution is -0.125. The van der Waals surface area contributed by atoms with Crippen LogP contribution in [0.4, 0.5) is 5.95 Å². The largest absolute Gasteiger partial charge is 0.351 e. The Morgan fingerprint density at radius 2 is 1.98 bits per heavy atom. The summed E-state index contributed by atoms with van der Waals surface area (Å²) >= 11 is 0. The molecule has 41 heavy (non-hydrogen) atoms.